The predicted molar refractivity (Wildman–Crippen MR) is 86.6 cm³/mol. The predicted octanol–water partition coefficient (Wildman–Crippen LogP) is 1.26. The summed E-state index contributed by atoms with van der Waals surface area (Å²) >= 11 is 1.49. The van der Waals surface area contributed by atoms with Crippen LogP contribution in [-0.4, -0.2) is 33.2 Å². The standard InChI is InChI=1S/C15H15N3O4S/c1-23-8-12-17-11(6-13(19)18-12)14(20)16-7-9-2-4-10(5-3-9)15(21)22/h2-6H,7-8H2,1H3,(H,16,20)(H,21,22)(H,17,18,19). The van der Waals surface area contributed by atoms with Gasteiger partial charge in [0.15, 0.2) is 0 Å². The first-order valence-corrected chi connectivity index (χ1v) is 8.08. The number of aromatic nitrogens is 2. The van der Waals surface area contributed by atoms with Gasteiger partial charge in [-0.25, -0.2) is 9.78 Å². The van der Waals surface area contributed by atoms with E-state index in [-0.39, 0.29) is 23.4 Å². The minimum Gasteiger partial charge on any atom is -0.478 e. The maximum absolute atomic E-state index is 12.1. The van der Waals surface area contributed by atoms with Crippen LogP contribution in [0.5, 0.6) is 0 Å². The second kappa shape index (κ2) is 7.59. The Kier molecular flexibility index (Phi) is 5.53. The minimum atomic E-state index is -1.00. The molecule has 0 aliphatic carbocycles. The van der Waals surface area contributed by atoms with Gasteiger partial charge in [0.05, 0.1) is 11.3 Å². The van der Waals surface area contributed by atoms with Crippen molar-refractivity contribution in [3.05, 3.63) is 63.3 Å². The van der Waals surface area contributed by atoms with E-state index in [1.54, 1.807) is 12.1 Å². The molecule has 1 amide bonds. The maximum Gasteiger partial charge on any atom is 0.335 e. The van der Waals surface area contributed by atoms with E-state index in [2.05, 4.69) is 15.3 Å². The molecule has 23 heavy (non-hydrogen) atoms. The first kappa shape index (κ1) is 16.8. The molecule has 1 aromatic carbocycles. The average Bonchev–Trinajstić information content (AvgIpc) is 2.52. The number of benzene rings is 1. The average molecular weight is 333 g/mol. The molecule has 0 fully saturated rings. The van der Waals surface area contributed by atoms with Crippen molar-refractivity contribution in [3.8, 4) is 0 Å². The van der Waals surface area contributed by atoms with E-state index in [0.717, 1.165) is 11.6 Å². The van der Waals surface area contributed by atoms with E-state index in [1.807, 2.05) is 6.26 Å². The Morgan fingerprint density at radius 3 is 2.61 bits per heavy atom. The van der Waals surface area contributed by atoms with Crippen molar-refractivity contribution in [2.45, 2.75) is 12.3 Å². The molecular formula is C15H15N3O4S. The molecule has 2 rings (SSSR count). The summed E-state index contributed by atoms with van der Waals surface area (Å²) in [6, 6.07) is 7.31. The molecule has 0 atom stereocenters. The van der Waals surface area contributed by atoms with Gasteiger partial charge in [0, 0.05) is 12.6 Å². The Labute approximate surface area is 136 Å². The fraction of sp³-hybridized carbons (Fsp3) is 0.200. The third kappa shape index (κ3) is 4.68. The van der Waals surface area contributed by atoms with Crippen LogP contribution in [0, 0.1) is 0 Å². The van der Waals surface area contributed by atoms with Crippen LogP contribution in [0.1, 0.15) is 32.2 Å². The zero-order chi connectivity index (χ0) is 16.8. The molecule has 0 aliphatic rings. The summed E-state index contributed by atoms with van der Waals surface area (Å²) < 4.78 is 0. The van der Waals surface area contributed by atoms with Gasteiger partial charge >= 0.3 is 5.97 Å². The quantitative estimate of drug-likeness (QED) is 0.734. The number of carbonyl (C=O) groups excluding carboxylic acids is 1. The molecule has 2 aromatic rings. The summed E-state index contributed by atoms with van der Waals surface area (Å²) in [5.74, 6) is -0.510. The first-order valence-electron chi connectivity index (χ1n) is 6.69. The second-order valence-corrected chi connectivity index (χ2v) is 5.56. The molecule has 120 valence electrons. The summed E-state index contributed by atoms with van der Waals surface area (Å²) in [6.45, 7) is 0.213. The van der Waals surface area contributed by atoms with E-state index in [9.17, 15) is 14.4 Å². The Balaban J connectivity index is 2.04. The van der Waals surface area contributed by atoms with Crippen molar-refractivity contribution < 1.29 is 14.7 Å². The lowest BCUT2D eigenvalue weighted by Crippen LogP contribution is -2.26. The van der Waals surface area contributed by atoms with Crippen LogP contribution in [0.15, 0.2) is 35.1 Å². The van der Waals surface area contributed by atoms with Crippen LogP contribution in [0.4, 0.5) is 0 Å². The molecule has 0 bridgehead atoms. The highest BCUT2D eigenvalue weighted by molar-refractivity contribution is 7.97. The molecule has 3 N–H and O–H groups in total. The highest BCUT2D eigenvalue weighted by Gasteiger charge is 2.10. The summed E-state index contributed by atoms with van der Waals surface area (Å²) in [5, 5.41) is 11.5. The molecule has 0 saturated heterocycles. The molecule has 0 spiro atoms. The molecule has 7 nitrogen and oxygen atoms in total. The van der Waals surface area contributed by atoms with Gasteiger partial charge in [0.2, 0.25) is 0 Å². The summed E-state index contributed by atoms with van der Waals surface area (Å²) in [4.78, 5) is 41.0. The highest BCUT2D eigenvalue weighted by Crippen LogP contribution is 2.05. The number of nitrogens with zero attached hydrogens (tertiary/aromatic N) is 1. The lowest BCUT2D eigenvalue weighted by Gasteiger charge is -2.06. The van der Waals surface area contributed by atoms with Gasteiger partial charge in [-0.1, -0.05) is 12.1 Å². The van der Waals surface area contributed by atoms with Crippen molar-refractivity contribution in [3.63, 3.8) is 0 Å². The number of carboxylic acids is 1. The summed E-state index contributed by atoms with van der Waals surface area (Å²) in [5.41, 5.74) is 0.607. The number of thioether (sulfide) groups is 1. The topological polar surface area (TPSA) is 112 Å². The third-order valence-corrected chi connectivity index (χ3v) is 3.52. The minimum absolute atomic E-state index is 0.0555. The fourth-order valence-electron chi connectivity index (χ4n) is 1.87. The smallest absolute Gasteiger partial charge is 0.335 e. The van der Waals surface area contributed by atoms with Gasteiger partial charge in [0.1, 0.15) is 11.5 Å². The van der Waals surface area contributed by atoms with Crippen LogP contribution in [0.3, 0.4) is 0 Å². The molecule has 0 saturated carbocycles. The number of carbonyl (C=O) groups is 2. The van der Waals surface area contributed by atoms with Crippen molar-refractivity contribution in [2.24, 2.45) is 0 Å². The molecule has 0 radical (unpaired) electrons. The summed E-state index contributed by atoms with van der Waals surface area (Å²) in [6.07, 6.45) is 1.87. The van der Waals surface area contributed by atoms with E-state index < -0.39 is 11.9 Å². The lowest BCUT2D eigenvalue weighted by molar-refractivity contribution is 0.0696. The third-order valence-electron chi connectivity index (χ3n) is 2.96. The van der Waals surface area contributed by atoms with Gasteiger partial charge < -0.3 is 15.4 Å². The molecule has 0 aliphatic heterocycles. The molecule has 1 aromatic heterocycles. The Morgan fingerprint density at radius 2 is 2.00 bits per heavy atom. The normalized spacial score (nSPS) is 10.3. The van der Waals surface area contributed by atoms with E-state index in [1.165, 1.54) is 23.9 Å². The van der Waals surface area contributed by atoms with Crippen LogP contribution in [-0.2, 0) is 12.3 Å². The summed E-state index contributed by atoms with van der Waals surface area (Å²) in [7, 11) is 0. The van der Waals surface area contributed by atoms with Gasteiger partial charge in [-0.3, -0.25) is 9.59 Å². The molecule has 0 unspecified atom stereocenters. The Bertz CT molecular complexity index is 771. The van der Waals surface area contributed by atoms with E-state index >= 15 is 0 Å². The van der Waals surface area contributed by atoms with E-state index in [0.29, 0.717) is 11.6 Å². The second-order valence-electron chi connectivity index (χ2n) is 4.70. The van der Waals surface area contributed by atoms with Crippen molar-refractivity contribution in [1.82, 2.24) is 15.3 Å². The number of H-pyrrole nitrogens is 1. The number of aromatic amines is 1. The molecule has 1 heterocycles. The highest BCUT2D eigenvalue weighted by atomic mass is 32.2. The zero-order valence-electron chi connectivity index (χ0n) is 12.3. The number of nitrogens with one attached hydrogen (secondary N) is 2. The number of carboxylic acid groups (broad SMARTS) is 1. The number of hydrogen-bond donors (Lipinski definition) is 3. The van der Waals surface area contributed by atoms with Gasteiger partial charge in [-0.15, -0.1) is 0 Å². The number of hydrogen-bond acceptors (Lipinski definition) is 5. The zero-order valence-corrected chi connectivity index (χ0v) is 13.1. The van der Waals surface area contributed by atoms with Crippen molar-refractivity contribution in [2.75, 3.05) is 6.26 Å². The fourth-order valence-corrected chi connectivity index (χ4v) is 2.28. The lowest BCUT2D eigenvalue weighted by atomic mass is 10.1. The number of aromatic carboxylic acids is 1. The van der Waals surface area contributed by atoms with Gasteiger partial charge in [0.25, 0.3) is 11.5 Å². The molecule has 8 heteroatoms. The van der Waals surface area contributed by atoms with Crippen LogP contribution >= 0.6 is 11.8 Å². The van der Waals surface area contributed by atoms with Crippen LogP contribution in [0.2, 0.25) is 0 Å². The molecular weight excluding hydrogens is 318 g/mol. The van der Waals surface area contributed by atoms with Crippen LogP contribution in [0.25, 0.3) is 0 Å². The largest absolute Gasteiger partial charge is 0.478 e. The van der Waals surface area contributed by atoms with Crippen LogP contribution < -0.4 is 10.9 Å². The first-order chi connectivity index (χ1) is 11.0. The van der Waals surface area contributed by atoms with Crippen molar-refractivity contribution >= 4 is 23.6 Å². The van der Waals surface area contributed by atoms with Gasteiger partial charge in [-0.2, -0.15) is 11.8 Å². The van der Waals surface area contributed by atoms with Gasteiger partial charge in [-0.05, 0) is 24.0 Å². The number of amides is 1. The maximum atomic E-state index is 12.1. The van der Waals surface area contributed by atoms with E-state index in [4.69, 9.17) is 5.11 Å². The Hall–Kier alpha value is -2.61. The van der Waals surface area contributed by atoms with Crippen molar-refractivity contribution in [1.29, 1.82) is 0 Å². The SMILES string of the molecule is CSCc1nc(C(=O)NCc2ccc(C(=O)O)cc2)cc(=O)[nH]1. The Morgan fingerprint density at radius 1 is 1.30 bits per heavy atom. The monoisotopic (exact) mass is 333 g/mol. The number of rotatable bonds is 6.